The first-order valence-electron chi connectivity index (χ1n) is 6.93. The second-order valence-electron chi connectivity index (χ2n) is 5.25. The molecule has 1 saturated heterocycles. The summed E-state index contributed by atoms with van der Waals surface area (Å²) < 4.78 is 0. The lowest BCUT2D eigenvalue weighted by Crippen LogP contribution is -2.33. The number of hydrogen-bond acceptors (Lipinski definition) is 3. The van der Waals surface area contributed by atoms with Gasteiger partial charge in [0.15, 0.2) is 5.78 Å². The normalized spacial score (nSPS) is 23.3. The second-order valence-corrected chi connectivity index (χ2v) is 7.84. The molecule has 0 spiro atoms. The number of carbonyl (C=O) groups excluding carboxylic acids is 1. The summed E-state index contributed by atoms with van der Waals surface area (Å²) in [5, 5.41) is 0.710. The molecule has 0 radical (unpaired) electrons. The smallest absolute Gasteiger partial charge is 0.151 e. The van der Waals surface area contributed by atoms with E-state index in [1.165, 1.54) is 22.4 Å². The Morgan fingerprint density at radius 2 is 1.79 bits per heavy atom. The van der Waals surface area contributed by atoms with Crippen molar-refractivity contribution in [1.82, 2.24) is 0 Å². The van der Waals surface area contributed by atoms with Crippen LogP contribution in [0.25, 0.3) is 0 Å². The molecule has 19 heavy (non-hydrogen) atoms. The number of aryl methyl sites for hydroxylation is 2. The highest BCUT2D eigenvalue weighted by Gasteiger charge is 2.30. The maximum atomic E-state index is 12.5. The van der Waals surface area contributed by atoms with Crippen molar-refractivity contribution in [2.75, 3.05) is 11.5 Å². The summed E-state index contributed by atoms with van der Waals surface area (Å²) in [6, 6.07) is 6.45. The summed E-state index contributed by atoms with van der Waals surface area (Å²) in [7, 11) is 0. The van der Waals surface area contributed by atoms with Crippen LogP contribution in [0.4, 0.5) is 0 Å². The van der Waals surface area contributed by atoms with Gasteiger partial charge < -0.3 is 0 Å². The van der Waals surface area contributed by atoms with Crippen molar-refractivity contribution in [2.45, 2.75) is 44.1 Å². The first-order chi connectivity index (χ1) is 9.10. The Kier molecular flexibility index (Phi) is 5.40. The Hall–Kier alpha value is -0.410. The lowest BCUT2D eigenvalue weighted by Gasteiger charge is -2.28. The van der Waals surface area contributed by atoms with Crippen molar-refractivity contribution in [1.29, 1.82) is 0 Å². The first-order valence-corrected chi connectivity index (χ1v) is 9.03. The molecular weight excluding hydrogens is 272 g/mol. The highest BCUT2D eigenvalue weighted by molar-refractivity contribution is 8.07. The fourth-order valence-electron chi connectivity index (χ4n) is 2.67. The Morgan fingerprint density at radius 1 is 1.16 bits per heavy atom. The van der Waals surface area contributed by atoms with Crippen molar-refractivity contribution >= 4 is 29.3 Å². The number of benzene rings is 1. The fraction of sp³-hybridized carbons (Fsp3) is 0.562. The Balaban J connectivity index is 2.07. The first kappa shape index (κ1) is 15.0. The molecule has 0 aromatic heterocycles. The van der Waals surface area contributed by atoms with Gasteiger partial charge in [0.2, 0.25) is 0 Å². The van der Waals surface area contributed by atoms with Gasteiger partial charge in [-0.2, -0.15) is 11.8 Å². The number of ketones is 1. The van der Waals surface area contributed by atoms with Crippen LogP contribution in [0.15, 0.2) is 18.2 Å². The van der Waals surface area contributed by atoms with E-state index < -0.39 is 0 Å². The van der Waals surface area contributed by atoms with Crippen LogP contribution >= 0.6 is 23.5 Å². The van der Waals surface area contributed by atoms with Crippen molar-refractivity contribution in [3.63, 3.8) is 0 Å². The van der Waals surface area contributed by atoms with Crippen molar-refractivity contribution < 1.29 is 4.79 Å². The molecule has 1 fully saturated rings. The molecule has 0 bridgehead atoms. The molecule has 1 aromatic carbocycles. The largest absolute Gasteiger partial charge is 0.298 e. The van der Waals surface area contributed by atoms with Crippen LogP contribution in [0.5, 0.6) is 0 Å². The van der Waals surface area contributed by atoms with Crippen LogP contribution in [0.2, 0.25) is 0 Å². The van der Waals surface area contributed by atoms with Gasteiger partial charge in [-0.3, -0.25) is 4.79 Å². The Morgan fingerprint density at radius 3 is 2.42 bits per heavy atom. The highest BCUT2D eigenvalue weighted by Crippen LogP contribution is 2.34. The maximum Gasteiger partial charge on any atom is 0.151 e. The van der Waals surface area contributed by atoms with Crippen LogP contribution in [0.3, 0.4) is 0 Å². The van der Waals surface area contributed by atoms with Gasteiger partial charge in [0.1, 0.15) is 0 Å². The van der Waals surface area contributed by atoms with Crippen molar-refractivity contribution in [2.24, 2.45) is 0 Å². The molecule has 1 aromatic rings. The Labute approximate surface area is 124 Å². The molecular formula is C16H22OS2. The zero-order valence-corrected chi connectivity index (χ0v) is 13.6. The summed E-state index contributed by atoms with van der Waals surface area (Å²) in [4.78, 5) is 12.5. The number of Topliss-reactive ketones (excluding diaryl/α,β-unsaturated/α-hetero) is 1. The lowest BCUT2D eigenvalue weighted by atomic mass is 10.0. The van der Waals surface area contributed by atoms with E-state index in [9.17, 15) is 4.79 Å². The predicted octanol–water partition coefficient (Wildman–Crippen LogP) is 4.04. The number of thioether (sulfide) groups is 2. The molecule has 3 heteroatoms. The van der Waals surface area contributed by atoms with E-state index in [4.69, 9.17) is 0 Å². The second kappa shape index (κ2) is 6.85. The van der Waals surface area contributed by atoms with Crippen LogP contribution in [-0.2, 0) is 11.2 Å². The topological polar surface area (TPSA) is 17.1 Å². The van der Waals surface area contributed by atoms with Gasteiger partial charge in [0.05, 0.1) is 5.25 Å². The van der Waals surface area contributed by atoms with E-state index in [0.29, 0.717) is 17.5 Å². The third-order valence-electron chi connectivity index (χ3n) is 3.43. The molecule has 2 unspecified atom stereocenters. The molecule has 0 saturated carbocycles. The van der Waals surface area contributed by atoms with E-state index in [-0.39, 0.29) is 5.25 Å². The summed E-state index contributed by atoms with van der Waals surface area (Å²) in [6.07, 6.45) is 1.69. The SMILES string of the molecule is CCC1SCCSC1C(=O)Cc1cc(C)cc(C)c1. The number of carbonyl (C=O) groups is 1. The molecule has 0 amide bonds. The van der Waals surface area contributed by atoms with Gasteiger partial charge in [-0.15, -0.1) is 11.8 Å². The van der Waals surface area contributed by atoms with E-state index >= 15 is 0 Å². The quantitative estimate of drug-likeness (QED) is 0.834. The van der Waals surface area contributed by atoms with E-state index in [1.54, 1.807) is 0 Å². The molecule has 0 N–H and O–H groups in total. The summed E-state index contributed by atoms with van der Waals surface area (Å²) in [5.74, 6) is 2.72. The number of rotatable bonds is 4. The van der Waals surface area contributed by atoms with Crippen LogP contribution < -0.4 is 0 Å². The maximum absolute atomic E-state index is 12.5. The average Bonchev–Trinajstić information content (AvgIpc) is 2.37. The minimum absolute atomic E-state index is 0.199. The molecule has 1 heterocycles. The van der Waals surface area contributed by atoms with Gasteiger partial charge in [-0.1, -0.05) is 36.2 Å². The van der Waals surface area contributed by atoms with Gasteiger partial charge in [0, 0.05) is 23.2 Å². The standard InChI is InChI=1S/C16H22OS2/c1-4-15-16(19-6-5-18-15)14(17)10-13-8-11(2)7-12(3)9-13/h7-9,15-16H,4-6,10H2,1-3H3. The van der Waals surface area contributed by atoms with E-state index in [0.717, 1.165) is 12.2 Å². The monoisotopic (exact) mass is 294 g/mol. The van der Waals surface area contributed by atoms with E-state index in [1.807, 2.05) is 23.5 Å². The third-order valence-corrected chi connectivity index (χ3v) is 6.72. The summed E-state index contributed by atoms with van der Waals surface area (Å²) in [6.45, 7) is 6.39. The van der Waals surface area contributed by atoms with Gasteiger partial charge in [0.25, 0.3) is 0 Å². The average molecular weight is 294 g/mol. The van der Waals surface area contributed by atoms with Gasteiger partial charge in [-0.05, 0) is 25.8 Å². The Bertz CT molecular complexity index is 436. The fourth-order valence-corrected chi connectivity index (χ4v) is 5.71. The van der Waals surface area contributed by atoms with Crippen molar-refractivity contribution in [3.05, 3.63) is 34.9 Å². The molecule has 0 aliphatic carbocycles. The highest BCUT2D eigenvalue weighted by atomic mass is 32.2. The van der Waals surface area contributed by atoms with Gasteiger partial charge >= 0.3 is 0 Å². The van der Waals surface area contributed by atoms with Crippen LogP contribution in [0.1, 0.15) is 30.0 Å². The molecule has 104 valence electrons. The van der Waals surface area contributed by atoms with Gasteiger partial charge in [-0.25, -0.2) is 0 Å². The number of hydrogen-bond donors (Lipinski definition) is 0. The summed E-state index contributed by atoms with van der Waals surface area (Å²) in [5.41, 5.74) is 3.68. The lowest BCUT2D eigenvalue weighted by molar-refractivity contribution is -0.117. The minimum Gasteiger partial charge on any atom is -0.298 e. The molecule has 1 aliphatic rings. The van der Waals surface area contributed by atoms with Crippen LogP contribution in [0, 0.1) is 13.8 Å². The molecule has 1 nitrogen and oxygen atoms in total. The summed E-state index contributed by atoms with van der Waals surface area (Å²) >= 11 is 3.84. The van der Waals surface area contributed by atoms with E-state index in [2.05, 4.69) is 39.0 Å². The van der Waals surface area contributed by atoms with Crippen LogP contribution in [-0.4, -0.2) is 27.8 Å². The van der Waals surface area contributed by atoms with Crippen molar-refractivity contribution in [3.8, 4) is 0 Å². The molecule has 2 atom stereocenters. The zero-order chi connectivity index (χ0) is 13.8. The molecule has 2 rings (SSSR count). The predicted molar refractivity (Wildman–Crippen MR) is 87.4 cm³/mol. The third kappa shape index (κ3) is 4.03. The molecule has 1 aliphatic heterocycles. The minimum atomic E-state index is 0.199. The zero-order valence-electron chi connectivity index (χ0n) is 11.9.